The first-order chi connectivity index (χ1) is 12.5. The van der Waals surface area contributed by atoms with E-state index in [1.165, 1.54) is 11.1 Å². The van der Waals surface area contributed by atoms with Crippen molar-refractivity contribution in [2.45, 2.75) is 50.6 Å². The fourth-order valence-electron chi connectivity index (χ4n) is 5.33. The molecule has 0 radical (unpaired) electrons. The predicted octanol–water partition coefficient (Wildman–Crippen LogP) is 4.07. The molecule has 2 heterocycles. The number of aromatic amines is 1. The highest BCUT2D eigenvalue weighted by Crippen LogP contribution is 2.47. The Bertz CT molecular complexity index is 1010. The van der Waals surface area contributed by atoms with Crippen LogP contribution in [-0.2, 0) is 11.8 Å². The van der Waals surface area contributed by atoms with Gasteiger partial charge in [0, 0.05) is 17.6 Å². The second-order valence-electron chi connectivity index (χ2n) is 8.18. The Hall–Kier alpha value is -2.62. The van der Waals surface area contributed by atoms with E-state index in [9.17, 15) is 4.79 Å². The summed E-state index contributed by atoms with van der Waals surface area (Å²) in [4.78, 5) is 22.9. The number of piperidine rings is 1. The van der Waals surface area contributed by atoms with Gasteiger partial charge in [-0.3, -0.25) is 4.79 Å². The lowest BCUT2D eigenvalue weighted by Crippen LogP contribution is -2.58. The lowest BCUT2D eigenvalue weighted by molar-refractivity contribution is 0.0291. The summed E-state index contributed by atoms with van der Waals surface area (Å²) < 4.78 is 0. The number of nitrogens with zero attached hydrogens (tertiary/aromatic N) is 2. The van der Waals surface area contributed by atoms with Crippen LogP contribution in [0.25, 0.3) is 11.0 Å². The minimum atomic E-state index is 0.139. The lowest BCUT2D eigenvalue weighted by atomic mass is 9.63. The number of hydrogen-bond donors (Lipinski definition) is 1. The highest BCUT2D eigenvalue weighted by atomic mass is 16.2. The summed E-state index contributed by atoms with van der Waals surface area (Å²) in [6, 6.07) is 15.0. The molecule has 26 heavy (non-hydrogen) atoms. The molecule has 2 aliphatic rings. The van der Waals surface area contributed by atoms with E-state index in [-0.39, 0.29) is 23.4 Å². The lowest BCUT2D eigenvalue weighted by Gasteiger charge is -2.53. The topological polar surface area (TPSA) is 49.0 Å². The van der Waals surface area contributed by atoms with Gasteiger partial charge in [-0.25, -0.2) is 4.98 Å². The van der Waals surface area contributed by atoms with Crippen LogP contribution in [0.5, 0.6) is 0 Å². The van der Waals surface area contributed by atoms with Crippen molar-refractivity contribution in [3.63, 3.8) is 0 Å². The quantitative estimate of drug-likeness (QED) is 0.723. The van der Waals surface area contributed by atoms with Crippen molar-refractivity contribution < 1.29 is 4.79 Å². The van der Waals surface area contributed by atoms with Crippen LogP contribution in [0, 0.1) is 0 Å². The average molecular weight is 345 g/mol. The van der Waals surface area contributed by atoms with E-state index < -0.39 is 0 Å². The SMILES string of the molecule is CC1C[C@]2(C)CC(Cc3ccccc32)N1C(=O)c1ccc2nc[nH]c2c1. The molecule has 1 aliphatic carbocycles. The maximum absolute atomic E-state index is 13.4. The normalized spacial score (nSPS) is 27.4. The van der Waals surface area contributed by atoms with Crippen LogP contribution in [0.1, 0.15) is 48.2 Å². The number of imidazole rings is 1. The summed E-state index contributed by atoms with van der Waals surface area (Å²) in [5.74, 6) is 0.139. The molecule has 132 valence electrons. The van der Waals surface area contributed by atoms with Crippen LogP contribution in [0.15, 0.2) is 48.8 Å². The van der Waals surface area contributed by atoms with Gasteiger partial charge in [-0.05, 0) is 60.9 Å². The molecule has 3 atom stereocenters. The predicted molar refractivity (Wildman–Crippen MR) is 102 cm³/mol. The van der Waals surface area contributed by atoms with E-state index in [1.54, 1.807) is 6.33 Å². The third kappa shape index (κ3) is 2.21. The fourth-order valence-corrected chi connectivity index (χ4v) is 5.33. The molecular formula is C22H23N3O. The zero-order valence-corrected chi connectivity index (χ0v) is 15.2. The van der Waals surface area contributed by atoms with Crippen LogP contribution in [0.4, 0.5) is 0 Å². The molecule has 3 aromatic rings. The molecule has 1 saturated heterocycles. The van der Waals surface area contributed by atoms with Crippen LogP contribution in [0.3, 0.4) is 0 Å². The number of nitrogens with one attached hydrogen (secondary N) is 1. The summed E-state index contributed by atoms with van der Waals surface area (Å²) in [6.45, 7) is 4.57. The smallest absolute Gasteiger partial charge is 0.254 e. The summed E-state index contributed by atoms with van der Waals surface area (Å²) in [5, 5.41) is 0. The van der Waals surface area contributed by atoms with Gasteiger partial charge < -0.3 is 9.88 Å². The minimum Gasteiger partial charge on any atom is -0.345 e. The maximum atomic E-state index is 13.4. The Morgan fingerprint density at radius 2 is 2.08 bits per heavy atom. The van der Waals surface area contributed by atoms with Crippen LogP contribution in [0.2, 0.25) is 0 Å². The Kier molecular flexibility index (Phi) is 3.27. The molecule has 0 spiro atoms. The van der Waals surface area contributed by atoms with E-state index in [0.29, 0.717) is 0 Å². The number of amides is 1. The van der Waals surface area contributed by atoms with Crippen molar-refractivity contribution in [1.29, 1.82) is 0 Å². The number of carbonyl (C=O) groups excluding carboxylic acids is 1. The van der Waals surface area contributed by atoms with Gasteiger partial charge in [0.15, 0.2) is 0 Å². The second kappa shape index (κ2) is 5.44. The van der Waals surface area contributed by atoms with Crippen molar-refractivity contribution in [2.75, 3.05) is 0 Å². The summed E-state index contributed by atoms with van der Waals surface area (Å²) in [5.41, 5.74) is 5.61. The van der Waals surface area contributed by atoms with Gasteiger partial charge in [0.25, 0.3) is 5.91 Å². The molecule has 0 saturated carbocycles. The van der Waals surface area contributed by atoms with Gasteiger partial charge in [0.05, 0.1) is 17.4 Å². The monoisotopic (exact) mass is 345 g/mol. The van der Waals surface area contributed by atoms with Gasteiger partial charge in [0.2, 0.25) is 0 Å². The Labute approximate surface area is 153 Å². The van der Waals surface area contributed by atoms with E-state index in [1.807, 2.05) is 18.2 Å². The number of fused-ring (bicyclic) bond motifs is 5. The maximum Gasteiger partial charge on any atom is 0.254 e. The van der Waals surface area contributed by atoms with Gasteiger partial charge in [0.1, 0.15) is 0 Å². The van der Waals surface area contributed by atoms with Crippen LogP contribution in [-0.4, -0.2) is 32.9 Å². The standard InChI is InChI=1S/C22H23N3O/c1-14-11-22(2)12-17(9-15-5-3-4-6-18(15)22)25(14)21(26)16-7-8-19-20(10-16)24-13-23-19/h3-8,10,13-14,17H,9,11-12H2,1-2H3,(H,23,24)/t14?,17?,22-/m1/s1. The minimum absolute atomic E-state index is 0.139. The highest BCUT2D eigenvalue weighted by molar-refractivity contribution is 5.97. The molecule has 1 aromatic heterocycles. The van der Waals surface area contributed by atoms with E-state index in [0.717, 1.165) is 35.9 Å². The third-order valence-electron chi connectivity index (χ3n) is 6.33. The van der Waals surface area contributed by atoms with Crippen molar-refractivity contribution in [2.24, 2.45) is 0 Å². The molecule has 4 nitrogen and oxygen atoms in total. The summed E-state index contributed by atoms with van der Waals surface area (Å²) >= 11 is 0. The molecule has 1 N–H and O–H groups in total. The van der Waals surface area contributed by atoms with Gasteiger partial charge >= 0.3 is 0 Å². The zero-order chi connectivity index (χ0) is 17.9. The molecule has 1 aliphatic heterocycles. The van der Waals surface area contributed by atoms with E-state index >= 15 is 0 Å². The number of H-pyrrole nitrogens is 1. The van der Waals surface area contributed by atoms with Crippen molar-refractivity contribution in [1.82, 2.24) is 14.9 Å². The average Bonchev–Trinajstić information content (AvgIpc) is 3.08. The molecule has 5 rings (SSSR count). The van der Waals surface area contributed by atoms with Gasteiger partial charge in [-0.15, -0.1) is 0 Å². The van der Waals surface area contributed by atoms with Gasteiger partial charge in [-0.1, -0.05) is 31.2 Å². The number of carbonyl (C=O) groups is 1. The number of aromatic nitrogens is 2. The number of likely N-dealkylation sites (tertiary alicyclic amines) is 1. The van der Waals surface area contributed by atoms with Crippen molar-refractivity contribution >= 4 is 16.9 Å². The Balaban J connectivity index is 1.53. The first-order valence-electron chi connectivity index (χ1n) is 9.39. The first kappa shape index (κ1) is 15.6. The summed E-state index contributed by atoms with van der Waals surface area (Å²) in [7, 11) is 0. The number of hydrogen-bond acceptors (Lipinski definition) is 2. The van der Waals surface area contributed by atoms with Crippen molar-refractivity contribution in [3.8, 4) is 0 Å². The molecular weight excluding hydrogens is 322 g/mol. The number of rotatable bonds is 1. The molecule has 4 heteroatoms. The largest absolute Gasteiger partial charge is 0.345 e. The molecule has 2 bridgehead atoms. The second-order valence-corrected chi connectivity index (χ2v) is 8.18. The Morgan fingerprint density at radius 3 is 2.96 bits per heavy atom. The zero-order valence-electron chi connectivity index (χ0n) is 15.2. The Morgan fingerprint density at radius 1 is 1.23 bits per heavy atom. The molecule has 1 amide bonds. The van der Waals surface area contributed by atoms with E-state index in [4.69, 9.17) is 0 Å². The molecule has 1 fully saturated rings. The summed E-state index contributed by atoms with van der Waals surface area (Å²) in [6.07, 6.45) is 4.69. The molecule has 2 unspecified atom stereocenters. The third-order valence-corrected chi connectivity index (χ3v) is 6.33. The van der Waals surface area contributed by atoms with Gasteiger partial charge in [-0.2, -0.15) is 0 Å². The van der Waals surface area contributed by atoms with Crippen LogP contribution < -0.4 is 0 Å². The molecule has 2 aromatic carbocycles. The number of benzene rings is 2. The highest BCUT2D eigenvalue weighted by Gasteiger charge is 2.47. The van der Waals surface area contributed by atoms with E-state index in [2.05, 4.69) is 53.0 Å². The van der Waals surface area contributed by atoms with Crippen LogP contribution >= 0.6 is 0 Å². The van der Waals surface area contributed by atoms with Crippen molar-refractivity contribution in [3.05, 3.63) is 65.5 Å². The fraction of sp³-hybridized carbons (Fsp3) is 0.364. The first-order valence-corrected chi connectivity index (χ1v) is 9.39.